The molecule has 0 saturated carbocycles. The Labute approximate surface area is 161 Å². The molecule has 0 bridgehead atoms. The topological polar surface area (TPSA) is 73.8 Å². The van der Waals surface area contributed by atoms with E-state index in [-0.39, 0.29) is 22.8 Å². The van der Waals surface area contributed by atoms with Gasteiger partial charge in [-0.3, -0.25) is 9.36 Å². The molecule has 8 heteroatoms. The zero-order valence-electron chi connectivity index (χ0n) is 16.2. The third kappa shape index (κ3) is 3.32. The molecule has 0 spiro atoms. The number of thioether (sulfide) groups is 1. The Balaban J connectivity index is 2.05. The molecule has 0 fully saturated rings. The summed E-state index contributed by atoms with van der Waals surface area (Å²) < 4.78 is 7.17. The number of nitrogens with zero attached hydrogens (tertiary/aromatic N) is 4. The molecular weight excluding hydrogens is 368 g/mol. The van der Waals surface area contributed by atoms with Crippen molar-refractivity contribution in [1.82, 2.24) is 19.7 Å². The van der Waals surface area contributed by atoms with E-state index in [2.05, 4.69) is 10.1 Å². The second kappa shape index (κ2) is 7.15. The lowest BCUT2D eigenvalue weighted by molar-refractivity contribution is 0.372. The van der Waals surface area contributed by atoms with Crippen molar-refractivity contribution >= 4 is 33.3 Å². The van der Waals surface area contributed by atoms with E-state index in [1.54, 1.807) is 15.9 Å². The summed E-state index contributed by atoms with van der Waals surface area (Å²) in [6.45, 7) is 14.1. The second-order valence-electron chi connectivity index (χ2n) is 7.03. The van der Waals surface area contributed by atoms with E-state index in [4.69, 9.17) is 9.51 Å². The number of aryl methyl sites for hydroxylation is 2. The quantitative estimate of drug-likeness (QED) is 0.448. The smallest absolute Gasteiger partial charge is 0.263 e. The summed E-state index contributed by atoms with van der Waals surface area (Å²) in [5.41, 5.74) is 1.05. The van der Waals surface area contributed by atoms with Crippen LogP contribution in [0.15, 0.2) is 14.5 Å². The van der Waals surface area contributed by atoms with Crippen molar-refractivity contribution < 1.29 is 4.52 Å². The first-order chi connectivity index (χ1) is 12.2. The number of fused-ring (bicyclic) bond motifs is 1. The van der Waals surface area contributed by atoms with Crippen LogP contribution in [0, 0.1) is 13.8 Å². The van der Waals surface area contributed by atoms with Crippen LogP contribution in [0.5, 0.6) is 0 Å². The van der Waals surface area contributed by atoms with Crippen molar-refractivity contribution in [2.24, 2.45) is 0 Å². The minimum Gasteiger partial charge on any atom is -0.338 e. The molecule has 3 aromatic heterocycles. The van der Waals surface area contributed by atoms with Gasteiger partial charge in [-0.15, -0.1) is 11.3 Å². The Morgan fingerprint density at radius 1 is 1.12 bits per heavy atom. The van der Waals surface area contributed by atoms with Crippen LogP contribution in [0.2, 0.25) is 0 Å². The maximum atomic E-state index is 13.1. The highest BCUT2D eigenvalue weighted by molar-refractivity contribution is 7.99. The molecule has 140 valence electrons. The second-order valence-corrected chi connectivity index (χ2v) is 9.54. The van der Waals surface area contributed by atoms with E-state index in [0.717, 1.165) is 20.7 Å². The molecular formula is C18H24N4O2S2. The molecule has 0 saturated heterocycles. The molecule has 0 aromatic carbocycles. The number of hydrogen-bond acceptors (Lipinski definition) is 7. The van der Waals surface area contributed by atoms with Crippen LogP contribution in [-0.4, -0.2) is 19.7 Å². The molecule has 1 unspecified atom stereocenters. The Morgan fingerprint density at radius 2 is 1.81 bits per heavy atom. The van der Waals surface area contributed by atoms with E-state index in [1.165, 1.54) is 11.8 Å². The minimum absolute atomic E-state index is 0.0163. The molecule has 26 heavy (non-hydrogen) atoms. The third-order valence-corrected chi connectivity index (χ3v) is 6.48. The number of aromatic nitrogens is 4. The summed E-state index contributed by atoms with van der Waals surface area (Å²) in [7, 11) is 0. The molecule has 3 heterocycles. The average molecular weight is 393 g/mol. The lowest BCUT2D eigenvalue weighted by atomic mass is 10.2. The molecule has 3 rings (SSSR count). The normalized spacial score (nSPS) is 13.3. The zero-order valence-corrected chi connectivity index (χ0v) is 17.8. The summed E-state index contributed by atoms with van der Waals surface area (Å²) in [5, 5.41) is 5.37. The largest absolute Gasteiger partial charge is 0.338 e. The number of hydrogen-bond donors (Lipinski definition) is 0. The van der Waals surface area contributed by atoms with Gasteiger partial charge in [0.05, 0.1) is 10.6 Å². The first-order valence-corrected chi connectivity index (χ1v) is 10.4. The SMILES string of the molecule is Cc1sc2nc(SC(C)c3nc(C(C)C)no3)n(C(C)C)c(=O)c2c1C. The molecule has 0 N–H and O–H groups in total. The summed E-state index contributed by atoms with van der Waals surface area (Å²) in [5.74, 6) is 1.47. The fraction of sp³-hybridized carbons (Fsp3) is 0.556. The van der Waals surface area contributed by atoms with Crippen LogP contribution in [-0.2, 0) is 0 Å². The maximum absolute atomic E-state index is 13.1. The summed E-state index contributed by atoms with van der Waals surface area (Å²) >= 11 is 3.05. The Morgan fingerprint density at radius 3 is 2.38 bits per heavy atom. The van der Waals surface area contributed by atoms with Gasteiger partial charge in [0.2, 0.25) is 5.89 Å². The van der Waals surface area contributed by atoms with Crippen LogP contribution < -0.4 is 5.56 Å². The van der Waals surface area contributed by atoms with Crippen molar-refractivity contribution in [3.63, 3.8) is 0 Å². The van der Waals surface area contributed by atoms with Gasteiger partial charge in [0.1, 0.15) is 4.83 Å². The number of rotatable bonds is 5. The van der Waals surface area contributed by atoms with Gasteiger partial charge in [-0.25, -0.2) is 4.98 Å². The molecule has 0 radical (unpaired) electrons. The van der Waals surface area contributed by atoms with Gasteiger partial charge in [0.15, 0.2) is 11.0 Å². The highest BCUT2D eigenvalue weighted by Crippen LogP contribution is 2.36. The predicted octanol–water partition coefficient (Wildman–Crippen LogP) is 5.02. The Kier molecular flexibility index (Phi) is 5.25. The van der Waals surface area contributed by atoms with Gasteiger partial charge in [0.25, 0.3) is 5.56 Å². The zero-order chi connectivity index (χ0) is 19.2. The van der Waals surface area contributed by atoms with Gasteiger partial charge >= 0.3 is 0 Å². The van der Waals surface area contributed by atoms with E-state index < -0.39 is 0 Å². The van der Waals surface area contributed by atoms with Crippen LogP contribution >= 0.6 is 23.1 Å². The highest BCUT2D eigenvalue weighted by atomic mass is 32.2. The van der Waals surface area contributed by atoms with Gasteiger partial charge in [-0.1, -0.05) is 30.8 Å². The average Bonchev–Trinajstić information content (AvgIpc) is 3.13. The summed E-state index contributed by atoms with van der Waals surface area (Å²) in [6.07, 6.45) is 0. The van der Waals surface area contributed by atoms with Gasteiger partial charge in [-0.05, 0) is 40.2 Å². The van der Waals surface area contributed by atoms with Crippen molar-refractivity contribution in [2.45, 2.75) is 70.8 Å². The first kappa shape index (κ1) is 19.1. The van der Waals surface area contributed by atoms with Crippen LogP contribution in [0.1, 0.15) is 74.0 Å². The van der Waals surface area contributed by atoms with Gasteiger partial charge in [0, 0.05) is 16.8 Å². The molecule has 1 atom stereocenters. The molecule has 0 aliphatic heterocycles. The van der Waals surface area contributed by atoms with Crippen LogP contribution in [0.3, 0.4) is 0 Å². The molecule has 0 aliphatic rings. The lowest BCUT2D eigenvalue weighted by Crippen LogP contribution is -2.25. The molecule has 0 amide bonds. The predicted molar refractivity (Wildman–Crippen MR) is 106 cm³/mol. The van der Waals surface area contributed by atoms with Crippen molar-refractivity contribution in [2.75, 3.05) is 0 Å². The Hall–Kier alpha value is -1.67. The van der Waals surface area contributed by atoms with Gasteiger partial charge < -0.3 is 4.52 Å². The minimum atomic E-state index is -0.0912. The fourth-order valence-electron chi connectivity index (χ4n) is 2.68. The van der Waals surface area contributed by atoms with E-state index in [1.807, 2.05) is 48.5 Å². The lowest BCUT2D eigenvalue weighted by Gasteiger charge is -2.16. The Bertz CT molecular complexity index is 1000. The fourth-order valence-corrected chi connectivity index (χ4v) is 4.82. The first-order valence-electron chi connectivity index (χ1n) is 8.73. The molecule has 3 aromatic rings. The van der Waals surface area contributed by atoms with Gasteiger partial charge in [-0.2, -0.15) is 4.98 Å². The van der Waals surface area contributed by atoms with E-state index in [9.17, 15) is 4.79 Å². The monoisotopic (exact) mass is 392 g/mol. The van der Waals surface area contributed by atoms with E-state index >= 15 is 0 Å². The van der Waals surface area contributed by atoms with Crippen molar-refractivity contribution in [3.05, 3.63) is 32.5 Å². The number of thiophene rings is 1. The summed E-state index contributed by atoms with van der Waals surface area (Å²) in [6, 6.07) is 0.0163. The van der Waals surface area contributed by atoms with Crippen LogP contribution in [0.4, 0.5) is 0 Å². The van der Waals surface area contributed by atoms with E-state index in [0.29, 0.717) is 16.9 Å². The van der Waals surface area contributed by atoms with Crippen molar-refractivity contribution in [3.8, 4) is 0 Å². The van der Waals surface area contributed by atoms with Crippen molar-refractivity contribution in [1.29, 1.82) is 0 Å². The standard InChI is InChI=1S/C18H24N4O2S2/c1-8(2)14-19-15(24-21-14)12(7)26-18-20-16-13(10(5)11(6)25-16)17(23)22(18)9(3)4/h8-9,12H,1-7H3. The highest BCUT2D eigenvalue weighted by Gasteiger charge is 2.23. The maximum Gasteiger partial charge on any atom is 0.263 e. The summed E-state index contributed by atoms with van der Waals surface area (Å²) in [4.78, 5) is 24.3. The molecule has 6 nitrogen and oxygen atoms in total. The third-order valence-electron chi connectivity index (χ3n) is 4.32. The van der Waals surface area contributed by atoms with Crippen LogP contribution in [0.25, 0.3) is 10.2 Å². The molecule has 0 aliphatic carbocycles.